The molecule has 2 atom stereocenters. The summed E-state index contributed by atoms with van der Waals surface area (Å²) in [5.74, 6) is 0.315. The largest absolute Gasteiger partial charge is 0.497 e. The Hall–Kier alpha value is -3.70. The molecule has 3 aromatic rings. The summed E-state index contributed by atoms with van der Waals surface area (Å²) >= 11 is 0. The standard InChI is InChI=1S/C34H41NO4/c1-6-27(15-13-14-24-38-25-26-20-22-30(37-5)23-21-26)32(33(36)39-34(2,3)4)35-31(28-16-9-7-10-17-28)29-18-11-8-12-19-29/h6-12,16-23,27,32H,1,13-15,24-25H2,2-5H3/t27-,32+/m1/s1. The van der Waals surface area contributed by atoms with Crippen LogP contribution in [0.15, 0.2) is 103 Å². The van der Waals surface area contributed by atoms with Gasteiger partial charge < -0.3 is 14.2 Å². The molecular formula is C34H41NO4. The molecule has 0 aromatic heterocycles. The quantitative estimate of drug-likeness (QED) is 0.0947. The van der Waals surface area contributed by atoms with Crippen molar-refractivity contribution in [2.24, 2.45) is 10.9 Å². The van der Waals surface area contributed by atoms with Gasteiger partial charge in [-0.05, 0) is 51.3 Å². The highest BCUT2D eigenvalue weighted by Gasteiger charge is 2.31. The fourth-order valence-corrected chi connectivity index (χ4v) is 4.23. The molecule has 0 aliphatic rings. The van der Waals surface area contributed by atoms with Crippen LogP contribution < -0.4 is 4.74 Å². The van der Waals surface area contributed by atoms with E-state index in [9.17, 15) is 4.79 Å². The third kappa shape index (κ3) is 9.84. The maximum Gasteiger partial charge on any atom is 0.332 e. The Bertz CT molecular complexity index is 1140. The van der Waals surface area contributed by atoms with E-state index in [1.165, 1.54) is 0 Å². The molecule has 0 aliphatic carbocycles. The van der Waals surface area contributed by atoms with Crippen LogP contribution in [0.2, 0.25) is 0 Å². The van der Waals surface area contributed by atoms with E-state index in [1.54, 1.807) is 7.11 Å². The molecule has 5 heteroatoms. The molecule has 3 aromatic carbocycles. The fraction of sp³-hybridized carbons (Fsp3) is 0.353. The van der Waals surface area contributed by atoms with Gasteiger partial charge in [0.15, 0.2) is 6.04 Å². The van der Waals surface area contributed by atoms with E-state index in [4.69, 9.17) is 19.2 Å². The lowest BCUT2D eigenvalue weighted by atomic mass is 9.92. The molecule has 0 spiro atoms. The van der Waals surface area contributed by atoms with Crippen molar-refractivity contribution in [3.8, 4) is 5.75 Å². The predicted octanol–water partition coefficient (Wildman–Crippen LogP) is 7.43. The molecule has 5 nitrogen and oxygen atoms in total. The Morgan fingerprint density at radius 1 is 0.897 bits per heavy atom. The van der Waals surface area contributed by atoms with E-state index in [0.717, 1.165) is 47.4 Å². The Kier molecular flexibility index (Phi) is 11.5. The second kappa shape index (κ2) is 15.0. The van der Waals surface area contributed by atoms with Gasteiger partial charge in [-0.1, -0.05) is 85.3 Å². The maximum absolute atomic E-state index is 13.5. The summed E-state index contributed by atoms with van der Waals surface area (Å²) in [4.78, 5) is 18.6. The molecule has 3 rings (SSSR count). The lowest BCUT2D eigenvalue weighted by Gasteiger charge is -2.26. The maximum atomic E-state index is 13.5. The van der Waals surface area contributed by atoms with Gasteiger partial charge in [-0.15, -0.1) is 6.58 Å². The number of rotatable bonds is 14. The van der Waals surface area contributed by atoms with Crippen molar-refractivity contribution in [2.45, 2.75) is 58.3 Å². The number of aliphatic imine (C=N–C) groups is 1. The lowest BCUT2D eigenvalue weighted by Crippen LogP contribution is -2.35. The first-order chi connectivity index (χ1) is 18.8. The van der Waals surface area contributed by atoms with Crippen LogP contribution in [0.3, 0.4) is 0 Å². The number of hydrogen-bond donors (Lipinski definition) is 0. The molecule has 206 valence electrons. The van der Waals surface area contributed by atoms with Gasteiger partial charge in [0.25, 0.3) is 0 Å². The minimum atomic E-state index is -0.711. The first-order valence-electron chi connectivity index (χ1n) is 13.6. The summed E-state index contributed by atoms with van der Waals surface area (Å²) in [6.07, 6.45) is 4.33. The fourth-order valence-electron chi connectivity index (χ4n) is 4.23. The van der Waals surface area contributed by atoms with E-state index in [2.05, 4.69) is 6.58 Å². The molecule has 0 aliphatic heterocycles. The summed E-state index contributed by atoms with van der Waals surface area (Å²) in [5, 5.41) is 0. The lowest BCUT2D eigenvalue weighted by molar-refractivity contribution is -0.157. The van der Waals surface area contributed by atoms with Crippen LogP contribution >= 0.6 is 0 Å². The zero-order chi connectivity index (χ0) is 28.1. The number of ether oxygens (including phenoxy) is 3. The smallest absolute Gasteiger partial charge is 0.332 e. The summed E-state index contributed by atoms with van der Waals surface area (Å²) in [5.41, 5.74) is 3.15. The van der Waals surface area contributed by atoms with Crippen molar-refractivity contribution in [1.82, 2.24) is 0 Å². The van der Waals surface area contributed by atoms with E-state index in [1.807, 2.05) is 112 Å². The van der Waals surface area contributed by atoms with Crippen molar-refractivity contribution in [3.05, 3.63) is 114 Å². The first-order valence-corrected chi connectivity index (χ1v) is 13.6. The highest BCUT2D eigenvalue weighted by Crippen LogP contribution is 2.24. The van der Waals surface area contributed by atoms with Gasteiger partial charge in [0.1, 0.15) is 11.4 Å². The van der Waals surface area contributed by atoms with Gasteiger partial charge in [0.2, 0.25) is 0 Å². The third-order valence-electron chi connectivity index (χ3n) is 6.22. The molecule has 0 amide bonds. The molecule has 0 heterocycles. The van der Waals surface area contributed by atoms with Crippen molar-refractivity contribution >= 4 is 11.7 Å². The summed E-state index contributed by atoms with van der Waals surface area (Å²) in [7, 11) is 1.66. The van der Waals surface area contributed by atoms with Crippen molar-refractivity contribution in [2.75, 3.05) is 13.7 Å². The average molecular weight is 528 g/mol. The number of methoxy groups -OCH3 is 1. The van der Waals surface area contributed by atoms with Gasteiger partial charge >= 0.3 is 5.97 Å². The molecular weight excluding hydrogens is 486 g/mol. The molecule has 0 bridgehead atoms. The zero-order valence-corrected chi connectivity index (χ0v) is 23.6. The van der Waals surface area contributed by atoms with Gasteiger partial charge in [-0.2, -0.15) is 0 Å². The highest BCUT2D eigenvalue weighted by molar-refractivity contribution is 6.13. The van der Waals surface area contributed by atoms with Crippen LogP contribution in [-0.2, 0) is 20.9 Å². The van der Waals surface area contributed by atoms with E-state index in [0.29, 0.717) is 13.2 Å². The van der Waals surface area contributed by atoms with Crippen LogP contribution in [0.1, 0.15) is 56.7 Å². The second-order valence-corrected chi connectivity index (χ2v) is 10.5. The number of carbonyl (C=O) groups excluding carboxylic acids is 1. The highest BCUT2D eigenvalue weighted by atomic mass is 16.6. The van der Waals surface area contributed by atoms with Crippen LogP contribution in [0.5, 0.6) is 5.75 Å². The molecule has 39 heavy (non-hydrogen) atoms. The summed E-state index contributed by atoms with van der Waals surface area (Å²) in [6.45, 7) is 10.9. The van der Waals surface area contributed by atoms with Gasteiger partial charge in [-0.3, -0.25) is 4.99 Å². The topological polar surface area (TPSA) is 57.1 Å². The van der Waals surface area contributed by atoms with Gasteiger partial charge in [0.05, 0.1) is 19.4 Å². The van der Waals surface area contributed by atoms with Gasteiger partial charge in [0, 0.05) is 23.7 Å². The number of unbranched alkanes of at least 4 members (excludes halogenated alkanes) is 1. The van der Waals surface area contributed by atoms with Crippen molar-refractivity contribution in [1.29, 1.82) is 0 Å². The van der Waals surface area contributed by atoms with Crippen molar-refractivity contribution < 1.29 is 19.0 Å². The van der Waals surface area contributed by atoms with E-state index >= 15 is 0 Å². The van der Waals surface area contributed by atoms with Crippen molar-refractivity contribution in [3.63, 3.8) is 0 Å². The van der Waals surface area contributed by atoms with E-state index < -0.39 is 11.6 Å². The average Bonchev–Trinajstić information content (AvgIpc) is 2.94. The molecule has 0 unspecified atom stereocenters. The van der Waals surface area contributed by atoms with Crippen LogP contribution in [0.25, 0.3) is 0 Å². The first kappa shape index (κ1) is 29.9. The molecule has 0 radical (unpaired) electrons. The Labute approximate surface area is 233 Å². The minimum Gasteiger partial charge on any atom is -0.497 e. The number of benzene rings is 3. The van der Waals surface area contributed by atoms with Gasteiger partial charge in [-0.25, -0.2) is 4.79 Å². The summed E-state index contributed by atoms with van der Waals surface area (Å²) in [6, 6.07) is 27.1. The number of nitrogens with zero attached hydrogens (tertiary/aromatic N) is 1. The minimum absolute atomic E-state index is 0.177. The van der Waals surface area contributed by atoms with Crippen LogP contribution in [0.4, 0.5) is 0 Å². The van der Waals surface area contributed by atoms with Crippen LogP contribution in [-0.4, -0.2) is 37.0 Å². The third-order valence-corrected chi connectivity index (χ3v) is 6.22. The Morgan fingerprint density at radius 2 is 1.49 bits per heavy atom. The second-order valence-electron chi connectivity index (χ2n) is 10.5. The number of esters is 1. The number of hydrogen-bond acceptors (Lipinski definition) is 5. The molecule has 0 saturated heterocycles. The Morgan fingerprint density at radius 3 is 2.00 bits per heavy atom. The van der Waals surface area contributed by atoms with E-state index in [-0.39, 0.29) is 11.9 Å². The molecule has 0 N–H and O–H groups in total. The zero-order valence-electron chi connectivity index (χ0n) is 23.6. The SMILES string of the molecule is C=C[C@H](CCCCOCc1ccc(OC)cc1)[C@H](N=C(c1ccccc1)c1ccccc1)C(=O)OC(C)(C)C. The summed E-state index contributed by atoms with van der Waals surface area (Å²) < 4.78 is 16.9. The monoisotopic (exact) mass is 527 g/mol. The Balaban J connectivity index is 1.73. The van der Waals surface area contributed by atoms with Crippen LogP contribution in [0, 0.1) is 5.92 Å². The normalized spacial score (nSPS) is 12.7. The number of carbonyl (C=O) groups is 1. The molecule has 0 fully saturated rings. The predicted molar refractivity (Wildman–Crippen MR) is 158 cm³/mol. The molecule has 0 saturated carbocycles.